The van der Waals surface area contributed by atoms with Crippen molar-refractivity contribution < 1.29 is 0 Å². The molecule has 0 atom stereocenters. The first-order valence-corrected chi connectivity index (χ1v) is 6.83. The molecule has 0 spiro atoms. The normalized spacial score (nSPS) is 10.7. The molecule has 0 saturated heterocycles. The zero-order valence-corrected chi connectivity index (χ0v) is 12.1. The van der Waals surface area contributed by atoms with E-state index in [2.05, 4.69) is 45.6 Å². The Balaban J connectivity index is 2.53. The fourth-order valence-electron chi connectivity index (χ4n) is 2.21. The van der Waals surface area contributed by atoms with Crippen LogP contribution in [0.3, 0.4) is 0 Å². The van der Waals surface area contributed by atoms with Gasteiger partial charge in [-0.1, -0.05) is 6.92 Å². The van der Waals surface area contributed by atoms with E-state index in [0.717, 1.165) is 42.5 Å². The molecule has 1 N–H and O–H groups in total. The van der Waals surface area contributed by atoms with Crippen LogP contribution < -0.4 is 5.32 Å². The van der Waals surface area contributed by atoms with Crippen molar-refractivity contribution >= 4 is 5.82 Å². The maximum atomic E-state index is 4.66. The molecule has 2 heterocycles. The summed E-state index contributed by atoms with van der Waals surface area (Å²) >= 11 is 0. The minimum atomic E-state index is 0.741. The highest BCUT2D eigenvalue weighted by molar-refractivity contribution is 5.56. The number of hydrogen-bond acceptors (Lipinski definition) is 4. The van der Waals surface area contributed by atoms with Crippen LogP contribution in [0.2, 0.25) is 0 Å². The monoisotopic (exact) mass is 259 g/mol. The summed E-state index contributed by atoms with van der Waals surface area (Å²) in [5.41, 5.74) is 3.19. The Bertz CT molecular complexity index is 559. The average molecular weight is 259 g/mol. The summed E-state index contributed by atoms with van der Waals surface area (Å²) in [5, 5.41) is 3.33. The summed E-state index contributed by atoms with van der Waals surface area (Å²) < 4.78 is 2.05. The molecule has 2 rings (SSSR count). The van der Waals surface area contributed by atoms with Crippen molar-refractivity contribution in [2.45, 2.75) is 40.7 Å². The van der Waals surface area contributed by atoms with Crippen molar-refractivity contribution in [2.24, 2.45) is 0 Å². The van der Waals surface area contributed by atoms with E-state index in [1.807, 2.05) is 19.4 Å². The maximum Gasteiger partial charge on any atom is 0.180 e. The second kappa shape index (κ2) is 5.82. The topological polar surface area (TPSA) is 55.6 Å². The number of hydrogen-bond donors (Lipinski definition) is 1. The predicted molar refractivity (Wildman–Crippen MR) is 77.2 cm³/mol. The van der Waals surface area contributed by atoms with E-state index in [0.29, 0.717) is 0 Å². The highest BCUT2D eigenvalue weighted by atomic mass is 15.1. The molecule has 0 aromatic carbocycles. The number of anilines is 1. The van der Waals surface area contributed by atoms with Crippen LogP contribution in [0, 0.1) is 6.92 Å². The van der Waals surface area contributed by atoms with Gasteiger partial charge < -0.3 is 9.88 Å². The fraction of sp³-hybridized carbons (Fsp3) is 0.500. The Morgan fingerprint density at radius 1 is 1.21 bits per heavy atom. The molecule has 2 aromatic heterocycles. The van der Waals surface area contributed by atoms with E-state index in [1.54, 1.807) is 0 Å². The number of aromatic nitrogens is 4. The van der Waals surface area contributed by atoms with Crippen LogP contribution in [0.1, 0.15) is 32.0 Å². The molecule has 19 heavy (non-hydrogen) atoms. The third-order valence-corrected chi connectivity index (χ3v) is 3.19. The van der Waals surface area contributed by atoms with E-state index >= 15 is 0 Å². The number of aryl methyl sites for hydroxylation is 2. The molecule has 5 nitrogen and oxygen atoms in total. The van der Waals surface area contributed by atoms with Gasteiger partial charge in [0, 0.05) is 24.3 Å². The van der Waals surface area contributed by atoms with E-state index in [1.165, 1.54) is 5.56 Å². The third kappa shape index (κ3) is 2.59. The van der Waals surface area contributed by atoms with Gasteiger partial charge in [-0.2, -0.15) is 0 Å². The van der Waals surface area contributed by atoms with Gasteiger partial charge in [0.15, 0.2) is 5.82 Å². The van der Waals surface area contributed by atoms with Crippen molar-refractivity contribution in [1.82, 2.24) is 19.5 Å². The molecule has 0 bridgehead atoms. The summed E-state index contributed by atoms with van der Waals surface area (Å²) in [4.78, 5) is 13.5. The minimum Gasteiger partial charge on any atom is -0.370 e. The van der Waals surface area contributed by atoms with Gasteiger partial charge in [0.05, 0.1) is 12.5 Å². The standard InChI is InChI=1S/C14H21N5/c1-5-11-10(4)17-14(18-13(11)16-6-2)12-8-15-9-19(12)7-3/h8-9H,5-7H2,1-4H3,(H,16,17,18). The fourth-order valence-corrected chi connectivity index (χ4v) is 2.21. The van der Waals surface area contributed by atoms with Crippen LogP contribution in [0.5, 0.6) is 0 Å². The first-order chi connectivity index (χ1) is 9.21. The van der Waals surface area contributed by atoms with Crippen LogP contribution in [0.25, 0.3) is 11.5 Å². The van der Waals surface area contributed by atoms with Crippen LogP contribution >= 0.6 is 0 Å². The van der Waals surface area contributed by atoms with Gasteiger partial charge in [-0.05, 0) is 27.2 Å². The summed E-state index contributed by atoms with van der Waals surface area (Å²) in [6.45, 7) is 10.1. The Kier molecular flexibility index (Phi) is 4.14. The maximum absolute atomic E-state index is 4.66. The predicted octanol–water partition coefficient (Wildman–Crippen LogP) is 2.66. The smallest absolute Gasteiger partial charge is 0.180 e. The lowest BCUT2D eigenvalue weighted by Crippen LogP contribution is -2.09. The minimum absolute atomic E-state index is 0.741. The van der Waals surface area contributed by atoms with E-state index in [9.17, 15) is 0 Å². The molecule has 5 heteroatoms. The molecule has 2 aromatic rings. The Morgan fingerprint density at radius 2 is 2.00 bits per heavy atom. The molecule has 0 radical (unpaired) electrons. The van der Waals surface area contributed by atoms with Crippen LogP contribution in [0.4, 0.5) is 5.82 Å². The van der Waals surface area contributed by atoms with E-state index < -0.39 is 0 Å². The van der Waals surface area contributed by atoms with Gasteiger partial charge in [0.2, 0.25) is 0 Å². The van der Waals surface area contributed by atoms with Crippen molar-refractivity contribution in [3.63, 3.8) is 0 Å². The number of nitrogens with zero attached hydrogens (tertiary/aromatic N) is 4. The largest absolute Gasteiger partial charge is 0.370 e. The quantitative estimate of drug-likeness (QED) is 0.897. The molecule has 0 saturated carbocycles. The summed E-state index contributed by atoms with van der Waals surface area (Å²) in [5.74, 6) is 1.68. The zero-order chi connectivity index (χ0) is 13.8. The van der Waals surface area contributed by atoms with Crippen LogP contribution in [-0.4, -0.2) is 26.1 Å². The van der Waals surface area contributed by atoms with Crippen molar-refractivity contribution in [1.29, 1.82) is 0 Å². The Labute approximate surface area is 114 Å². The van der Waals surface area contributed by atoms with Crippen molar-refractivity contribution in [3.8, 4) is 11.5 Å². The Hall–Kier alpha value is -1.91. The van der Waals surface area contributed by atoms with E-state index in [4.69, 9.17) is 0 Å². The summed E-state index contributed by atoms with van der Waals surface area (Å²) in [6.07, 6.45) is 4.57. The van der Waals surface area contributed by atoms with Gasteiger partial charge in [0.1, 0.15) is 11.5 Å². The van der Waals surface area contributed by atoms with Crippen molar-refractivity contribution in [2.75, 3.05) is 11.9 Å². The Morgan fingerprint density at radius 3 is 2.63 bits per heavy atom. The molecular formula is C14H21N5. The first kappa shape index (κ1) is 13.5. The average Bonchev–Trinajstić information content (AvgIpc) is 2.87. The second-order valence-corrected chi connectivity index (χ2v) is 4.41. The van der Waals surface area contributed by atoms with E-state index in [-0.39, 0.29) is 0 Å². The van der Waals surface area contributed by atoms with Gasteiger partial charge in [-0.25, -0.2) is 15.0 Å². The molecule has 102 valence electrons. The number of imidazole rings is 1. The third-order valence-electron chi connectivity index (χ3n) is 3.19. The highest BCUT2D eigenvalue weighted by Crippen LogP contribution is 2.22. The molecule has 0 aliphatic heterocycles. The lowest BCUT2D eigenvalue weighted by Gasteiger charge is -2.13. The lowest BCUT2D eigenvalue weighted by atomic mass is 10.1. The number of nitrogens with one attached hydrogen (secondary N) is 1. The highest BCUT2D eigenvalue weighted by Gasteiger charge is 2.13. The summed E-state index contributed by atoms with van der Waals surface area (Å²) in [7, 11) is 0. The SMILES string of the molecule is CCNc1nc(-c2cncn2CC)nc(C)c1CC. The van der Waals surface area contributed by atoms with Crippen LogP contribution in [0.15, 0.2) is 12.5 Å². The van der Waals surface area contributed by atoms with Gasteiger partial charge in [0.25, 0.3) is 0 Å². The van der Waals surface area contributed by atoms with Crippen LogP contribution in [-0.2, 0) is 13.0 Å². The molecule has 0 aliphatic carbocycles. The second-order valence-electron chi connectivity index (χ2n) is 4.41. The molecule has 0 unspecified atom stereocenters. The lowest BCUT2D eigenvalue weighted by molar-refractivity contribution is 0.762. The molecule has 0 amide bonds. The van der Waals surface area contributed by atoms with Gasteiger partial charge in [-0.3, -0.25) is 0 Å². The zero-order valence-electron chi connectivity index (χ0n) is 12.1. The summed E-state index contributed by atoms with van der Waals surface area (Å²) in [6, 6.07) is 0. The first-order valence-electron chi connectivity index (χ1n) is 6.83. The number of rotatable bonds is 5. The molecule has 0 fully saturated rings. The molecular weight excluding hydrogens is 238 g/mol. The van der Waals surface area contributed by atoms with Crippen molar-refractivity contribution in [3.05, 3.63) is 23.8 Å². The molecule has 0 aliphatic rings. The van der Waals surface area contributed by atoms with Gasteiger partial charge >= 0.3 is 0 Å². The van der Waals surface area contributed by atoms with Gasteiger partial charge in [-0.15, -0.1) is 0 Å².